The molecule has 14 aromatic rings. The Hall–Kier alpha value is -5.46. The number of benzene rings is 11. The lowest BCUT2D eigenvalue weighted by Gasteiger charge is -2.54. The second kappa shape index (κ2) is 4.85. The first-order valence-corrected chi connectivity index (χ1v) is 24.7. The Morgan fingerprint density at radius 2 is 0.283 bits per heavy atom. The normalized spacial score (nSPS) is 45.0. The van der Waals surface area contributed by atoms with Gasteiger partial charge < -0.3 is 0 Å². The second-order valence-corrected chi connectivity index (χ2v) is 25.9. The van der Waals surface area contributed by atoms with Gasteiger partial charge in [-0.1, -0.05) is 0 Å². The molecule has 0 radical (unpaired) electrons. The van der Waals surface area contributed by atoms with Crippen molar-refractivity contribution in [2.24, 2.45) is 17.8 Å². The maximum Gasteiger partial charge on any atom is 0.0149 e. The molecule has 0 fully saturated rings. The fourth-order valence-electron chi connectivity index (χ4n) is 28.6. The first-order chi connectivity index (χ1) is 30.0. The highest BCUT2D eigenvalue weighted by molar-refractivity contribution is 6.67. The Morgan fingerprint density at radius 3 is 0.483 bits per heavy atom. The van der Waals surface area contributed by atoms with Crippen molar-refractivity contribution in [3.63, 3.8) is 0 Å². The van der Waals surface area contributed by atoms with Gasteiger partial charge in [-0.3, -0.25) is 0 Å². The Kier molecular flexibility index (Phi) is 1.77. The lowest BCUT2D eigenvalue weighted by atomic mass is 9.48. The van der Waals surface area contributed by atoms with Gasteiger partial charge >= 0.3 is 0 Å². The summed E-state index contributed by atoms with van der Waals surface area (Å²) in [5.41, 5.74) is 36.5. The summed E-state index contributed by atoms with van der Waals surface area (Å²) in [5.74, 6) is 13.4. The van der Waals surface area contributed by atoms with Crippen LogP contribution < -0.4 is 0 Å². The molecule has 0 spiro atoms. The Balaban J connectivity index is 1.16. The molecular weight excluding hydrogens is 721 g/mol. The van der Waals surface area contributed by atoms with E-state index in [1.807, 2.05) is 164 Å². The highest BCUT2D eigenvalue weighted by atomic mass is 14.8. The second-order valence-electron chi connectivity index (χ2n) is 25.9. The maximum atomic E-state index is 2.11. The minimum Gasteiger partial charge on any atom is -0.0363 e. The van der Waals surface area contributed by atoms with Gasteiger partial charge in [0.1, 0.15) is 0 Å². The monoisotopic (exact) mass is 738 g/mol. The third kappa shape index (κ3) is 1.11. The summed E-state index contributed by atoms with van der Waals surface area (Å²) in [6, 6.07) is 0. The van der Waals surface area contributed by atoms with Gasteiger partial charge in [-0.2, -0.15) is 0 Å². The molecule has 60 heavy (non-hydrogen) atoms. The lowest BCUT2D eigenvalue weighted by molar-refractivity contribution is 0.175. The summed E-state index contributed by atoms with van der Waals surface area (Å²) in [4.78, 5) is 0. The van der Waals surface area contributed by atoms with Crippen molar-refractivity contribution in [3.8, 4) is 0 Å². The first-order valence-electron chi connectivity index (χ1n) is 24.7. The molecule has 0 bridgehead atoms. The highest BCUT2D eigenvalue weighted by Gasteiger charge is 2.81. The average Bonchev–Trinajstić information content (AvgIpc) is 4.09. The summed E-state index contributed by atoms with van der Waals surface area (Å²) < 4.78 is 0. The van der Waals surface area contributed by atoms with E-state index in [4.69, 9.17) is 0 Å². The smallest absolute Gasteiger partial charge is 0.0149 e. The quantitative estimate of drug-likeness (QED) is 0.136. The Bertz CT molecular complexity index is 4420. The summed E-state index contributed by atoms with van der Waals surface area (Å²) >= 11 is 0. The van der Waals surface area contributed by atoms with Gasteiger partial charge in [0.2, 0.25) is 0 Å². The molecule has 18 aliphatic carbocycles. The van der Waals surface area contributed by atoms with Crippen LogP contribution in [-0.2, 0) is 0 Å². The summed E-state index contributed by atoms with van der Waals surface area (Å²) in [5, 5.41) is 44.1. The molecule has 0 aliphatic heterocycles. The Morgan fingerprint density at radius 1 is 0.117 bits per heavy atom. The molecule has 12 atom stereocenters. The molecule has 0 saturated carbocycles. The predicted molar refractivity (Wildman–Crippen MR) is 233 cm³/mol. The molecule has 18 aliphatic rings. The molecule has 0 nitrogen and oxygen atoms in total. The van der Waals surface area contributed by atoms with Crippen molar-refractivity contribution in [3.05, 3.63) is 100 Å². The van der Waals surface area contributed by atoms with E-state index in [0.29, 0.717) is 17.8 Å². The van der Waals surface area contributed by atoms with E-state index in [2.05, 4.69) is 33.4 Å². The molecule has 0 heterocycles. The number of rotatable bonds is 0. The van der Waals surface area contributed by atoms with E-state index < -0.39 is 0 Å². The van der Waals surface area contributed by atoms with Gasteiger partial charge in [0, 0.05) is 17.8 Å². The SMILES string of the molecule is c12c3c4c5c6c1C1C7c8c9c%10c%11c%12c%13c%14c%15c%16c%17c%18c%19c%20c%21c%22c%23c%24c%25c%26c(c8c8c%10c%10c%27c%11c%14c%17c%27c%11c%18c%21c%24c%11c%10c%258)C7C6C(C%26%23)C5C%22C%20C4C(C%16%19)C3C%15C%13C2C1C%129. The van der Waals surface area contributed by atoms with Crippen molar-refractivity contribution >= 4 is 129 Å². The van der Waals surface area contributed by atoms with Crippen LogP contribution in [0.5, 0.6) is 0 Å². The maximum absolute atomic E-state index is 2.11. The molecule has 0 aromatic heterocycles. The van der Waals surface area contributed by atoms with Crippen LogP contribution in [0, 0.1) is 17.8 Å². The largest absolute Gasteiger partial charge is 0.0363 e. The molecule has 12 unspecified atom stereocenters. The van der Waals surface area contributed by atoms with E-state index in [-0.39, 0.29) is 0 Å². The summed E-state index contributed by atoms with van der Waals surface area (Å²) in [7, 11) is 0. The van der Waals surface area contributed by atoms with Gasteiger partial charge in [-0.25, -0.2) is 0 Å². The van der Waals surface area contributed by atoms with Crippen molar-refractivity contribution in [1.29, 1.82) is 0 Å². The molecule has 258 valence electrons. The van der Waals surface area contributed by atoms with Crippen molar-refractivity contribution in [1.82, 2.24) is 0 Å². The van der Waals surface area contributed by atoms with Gasteiger partial charge in [0.25, 0.3) is 0 Å². The lowest BCUT2D eigenvalue weighted by Crippen LogP contribution is -2.43. The van der Waals surface area contributed by atoms with Gasteiger partial charge in [0.15, 0.2) is 0 Å². The number of hydrogen-bond donors (Lipinski definition) is 0. The fraction of sp³-hybridized carbons (Fsp3) is 0.300. The van der Waals surface area contributed by atoms with E-state index in [1.54, 1.807) is 32.3 Å². The van der Waals surface area contributed by atoms with E-state index >= 15 is 0 Å². The van der Waals surface area contributed by atoms with Gasteiger partial charge in [-0.05, 0) is 318 Å². The molecule has 14 aromatic carbocycles. The average molecular weight is 739 g/mol. The topological polar surface area (TPSA) is 0 Å². The van der Waals surface area contributed by atoms with Crippen LogP contribution in [0.4, 0.5) is 0 Å². The minimum absolute atomic E-state index is 0.639. The zero-order chi connectivity index (χ0) is 34.6. The van der Waals surface area contributed by atoms with Crippen LogP contribution >= 0.6 is 0 Å². The van der Waals surface area contributed by atoms with Crippen LogP contribution in [0.1, 0.15) is 189 Å². The first kappa shape index (κ1) is 21.9. The van der Waals surface area contributed by atoms with Crippen LogP contribution in [0.3, 0.4) is 0 Å². The molecule has 0 saturated heterocycles. The molecule has 0 heteroatoms. The Labute approximate surface area is 334 Å². The molecule has 32 rings (SSSR count). The van der Waals surface area contributed by atoms with Crippen LogP contribution in [0.25, 0.3) is 129 Å². The predicted octanol–water partition coefficient (Wildman–Crippen LogP) is 13.5. The van der Waals surface area contributed by atoms with Crippen LogP contribution in [0.2, 0.25) is 0 Å². The van der Waals surface area contributed by atoms with Gasteiger partial charge in [0.05, 0.1) is 0 Å². The van der Waals surface area contributed by atoms with E-state index in [1.165, 1.54) is 0 Å². The van der Waals surface area contributed by atoms with Gasteiger partial charge in [-0.15, -0.1) is 0 Å². The van der Waals surface area contributed by atoms with Crippen molar-refractivity contribution < 1.29 is 0 Å². The molecule has 0 N–H and O–H groups in total. The van der Waals surface area contributed by atoms with E-state index in [0.717, 1.165) is 88.8 Å². The minimum atomic E-state index is 0.639. The van der Waals surface area contributed by atoms with E-state index in [9.17, 15) is 0 Å². The summed E-state index contributed by atoms with van der Waals surface area (Å²) in [6.45, 7) is 0. The zero-order valence-corrected chi connectivity index (χ0v) is 31.4. The molecule has 0 amide bonds. The van der Waals surface area contributed by atoms with Crippen molar-refractivity contribution in [2.45, 2.75) is 88.8 Å². The fourth-order valence-corrected chi connectivity index (χ4v) is 28.6. The van der Waals surface area contributed by atoms with Crippen molar-refractivity contribution in [2.75, 3.05) is 0 Å². The van der Waals surface area contributed by atoms with Crippen LogP contribution in [0.15, 0.2) is 0 Å². The number of hydrogen-bond acceptors (Lipinski definition) is 0. The third-order valence-corrected chi connectivity index (χ3v) is 27.2. The highest BCUT2D eigenvalue weighted by Crippen LogP contribution is 2.95. The summed E-state index contributed by atoms with van der Waals surface area (Å²) in [6.07, 6.45) is 0. The third-order valence-electron chi connectivity index (χ3n) is 27.2. The van der Waals surface area contributed by atoms with Crippen LogP contribution in [-0.4, -0.2) is 0 Å². The zero-order valence-electron chi connectivity index (χ0n) is 31.4. The molecular formula is C60H18. The standard InChI is InChI=1S/C60H18/c1-2-5-6-3(1)8-12-10-4(1)9-11-7(2)17-21-13(5)23-24-14(6)22-18(8)28-20(12)30-26-16(10)15(9)25-29-19(11)27(17)37-41-31(21)33(23)43-44-34(24)32(22)42-38(28)48-40(30)46-36(26)35(25)45-39(29)47(37)55-49(41)51(43)57-52(44)50(42)56(48)59-54(46)53(45)58(55)60(57)59/h1-4,7-8,17-18,21-22,31-34,41-44H.